The summed E-state index contributed by atoms with van der Waals surface area (Å²) in [6.07, 6.45) is 4.45. The molecule has 0 radical (unpaired) electrons. The molecule has 0 aliphatic carbocycles. The van der Waals surface area contributed by atoms with Crippen LogP contribution in [0, 0.1) is 6.92 Å². The van der Waals surface area contributed by atoms with E-state index >= 15 is 0 Å². The summed E-state index contributed by atoms with van der Waals surface area (Å²) in [6.45, 7) is 3.51. The number of hydrogen-bond acceptors (Lipinski definition) is 3. The summed E-state index contributed by atoms with van der Waals surface area (Å²) >= 11 is 0. The molecular weight excluding hydrogens is 291 g/mol. The van der Waals surface area contributed by atoms with Crippen molar-refractivity contribution < 1.29 is 4.39 Å². The first-order valence-electron chi connectivity index (χ1n) is 8.01. The van der Waals surface area contributed by atoms with E-state index in [2.05, 4.69) is 46.1 Å². The van der Waals surface area contributed by atoms with Crippen molar-refractivity contribution >= 4 is 11.6 Å². The Morgan fingerprint density at radius 1 is 1.04 bits per heavy atom. The summed E-state index contributed by atoms with van der Waals surface area (Å²) in [5.74, 6) is 1.56. The number of alkyl halides is 1. The number of rotatable bonds is 2. The Balaban J connectivity index is 1.65. The molecule has 4 nitrogen and oxygen atoms in total. The fraction of sp³-hybridized carbons (Fsp3) is 0.333. The lowest BCUT2D eigenvalue weighted by atomic mass is 10.1. The van der Waals surface area contributed by atoms with Gasteiger partial charge in [-0.25, -0.2) is 9.37 Å². The van der Waals surface area contributed by atoms with Crippen LogP contribution >= 0.6 is 0 Å². The average molecular weight is 310 g/mol. The maximum Gasteiger partial charge on any atom is 0.236 e. The van der Waals surface area contributed by atoms with E-state index in [1.807, 2.05) is 22.9 Å². The zero-order valence-electron chi connectivity index (χ0n) is 13.1. The predicted octanol–water partition coefficient (Wildman–Crippen LogP) is 3.64. The van der Waals surface area contributed by atoms with Crippen LogP contribution in [-0.4, -0.2) is 33.6 Å². The molecule has 1 saturated heterocycles. The van der Waals surface area contributed by atoms with Crippen molar-refractivity contribution in [1.29, 1.82) is 0 Å². The summed E-state index contributed by atoms with van der Waals surface area (Å²) in [7, 11) is 0. The number of halogens is 1. The fourth-order valence-electron chi connectivity index (χ4n) is 2.98. The largest absolute Gasteiger partial charge is 0.356 e. The van der Waals surface area contributed by atoms with Gasteiger partial charge in [-0.15, -0.1) is 0 Å². The molecule has 0 spiro atoms. The molecule has 0 saturated carbocycles. The zero-order chi connectivity index (χ0) is 15.8. The van der Waals surface area contributed by atoms with Crippen molar-refractivity contribution in [2.24, 2.45) is 0 Å². The van der Waals surface area contributed by atoms with Crippen LogP contribution in [0.25, 0.3) is 17.0 Å². The SMILES string of the molecule is Cc1ccc(-c2cn3ccc(N4CCC(F)CC4)nc3n2)cc1. The van der Waals surface area contributed by atoms with Gasteiger partial charge in [-0.1, -0.05) is 29.8 Å². The molecule has 23 heavy (non-hydrogen) atoms. The minimum Gasteiger partial charge on any atom is -0.356 e. The average Bonchev–Trinajstić information content (AvgIpc) is 2.99. The number of aryl methyl sites for hydroxylation is 1. The van der Waals surface area contributed by atoms with Crippen LogP contribution in [0.5, 0.6) is 0 Å². The van der Waals surface area contributed by atoms with E-state index in [1.54, 1.807) is 0 Å². The lowest BCUT2D eigenvalue weighted by Gasteiger charge is -2.29. The summed E-state index contributed by atoms with van der Waals surface area (Å²) in [5, 5.41) is 0. The Bertz CT molecular complexity index is 817. The third-order valence-electron chi connectivity index (χ3n) is 4.41. The normalized spacial score (nSPS) is 16.2. The Kier molecular flexibility index (Phi) is 3.48. The molecule has 0 N–H and O–H groups in total. The van der Waals surface area contributed by atoms with E-state index in [0.717, 1.165) is 30.2 Å². The van der Waals surface area contributed by atoms with Gasteiger partial charge >= 0.3 is 0 Å². The van der Waals surface area contributed by atoms with Crippen LogP contribution in [0.4, 0.5) is 10.2 Å². The molecule has 0 atom stereocenters. The molecule has 4 rings (SSSR count). The number of fused-ring (bicyclic) bond motifs is 1. The van der Waals surface area contributed by atoms with Crippen LogP contribution in [-0.2, 0) is 0 Å². The Labute approximate surface area is 134 Å². The Morgan fingerprint density at radius 3 is 2.52 bits per heavy atom. The van der Waals surface area contributed by atoms with E-state index in [0.29, 0.717) is 18.6 Å². The smallest absolute Gasteiger partial charge is 0.236 e. The van der Waals surface area contributed by atoms with Gasteiger partial charge in [0.1, 0.15) is 12.0 Å². The lowest BCUT2D eigenvalue weighted by molar-refractivity contribution is 0.277. The second kappa shape index (κ2) is 5.65. The topological polar surface area (TPSA) is 33.4 Å². The number of nitrogens with zero attached hydrogens (tertiary/aromatic N) is 4. The van der Waals surface area contributed by atoms with Gasteiger partial charge in [0.05, 0.1) is 5.69 Å². The van der Waals surface area contributed by atoms with E-state index in [4.69, 9.17) is 0 Å². The Morgan fingerprint density at radius 2 is 1.78 bits per heavy atom. The maximum atomic E-state index is 13.3. The van der Waals surface area contributed by atoms with Crippen LogP contribution in [0.15, 0.2) is 42.7 Å². The van der Waals surface area contributed by atoms with Gasteiger partial charge in [0, 0.05) is 31.0 Å². The van der Waals surface area contributed by atoms with Crippen molar-refractivity contribution in [2.75, 3.05) is 18.0 Å². The van der Waals surface area contributed by atoms with Gasteiger partial charge in [-0.05, 0) is 25.8 Å². The summed E-state index contributed by atoms with van der Waals surface area (Å²) in [6, 6.07) is 10.3. The molecule has 0 unspecified atom stereocenters. The third kappa shape index (κ3) is 2.79. The minimum atomic E-state index is -0.672. The van der Waals surface area contributed by atoms with Crippen LogP contribution < -0.4 is 4.90 Å². The van der Waals surface area contributed by atoms with Crippen molar-refractivity contribution in [3.63, 3.8) is 0 Å². The molecule has 1 aliphatic rings. The quantitative estimate of drug-likeness (QED) is 0.724. The highest BCUT2D eigenvalue weighted by molar-refractivity contribution is 5.62. The van der Waals surface area contributed by atoms with Crippen LogP contribution in [0.3, 0.4) is 0 Å². The molecule has 2 aromatic heterocycles. The van der Waals surface area contributed by atoms with E-state index in [9.17, 15) is 4.39 Å². The number of piperidine rings is 1. The lowest BCUT2D eigenvalue weighted by Crippen LogP contribution is -2.34. The molecular formula is C18H19FN4. The first-order valence-corrected chi connectivity index (χ1v) is 8.01. The standard InChI is InChI=1S/C18H19FN4/c1-13-2-4-14(5-3-13)16-12-23-11-8-17(21-18(23)20-16)22-9-6-15(19)7-10-22/h2-5,8,11-12,15H,6-7,9-10H2,1H3. The van der Waals surface area contributed by atoms with Gasteiger partial charge in [0.2, 0.25) is 5.78 Å². The van der Waals surface area contributed by atoms with Gasteiger partial charge in [-0.3, -0.25) is 4.40 Å². The summed E-state index contributed by atoms with van der Waals surface area (Å²) < 4.78 is 15.2. The molecule has 1 fully saturated rings. The highest BCUT2D eigenvalue weighted by atomic mass is 19.1. The molecule has 118 valence electrons. The molecule has 5 heteroatoms. The van der Waals surface area contributed by atoms with Crippen molar-refractivity contribution in [2.45, 2.75) is 25.9 Å². The van der Waals surface area contributed by atoms with Gasteiger partial charge < -0.3 is 4.90 Å². The maximum absolute atomic E-state index is 13.3. The molecule has 1 aliphatic heterocycles. The highest BCUT2D eigenvalue weighted by Crippen LogP contribution is 2.22. The number of aromatic nitrogens is 3. The Hall–Kier alpha value is -2.43. The van der Waals surface area contributed by atoms with Crippen molar-refractivity contribution in [3.05, 3.63) is 48.3 Å². The number of hydrogen-bond donors (Lipinski definition) is 0. The zero-order valence-corrected chi connectivity index (χ0v) is 13.1. The van der Waals surface area contributed by atoms with E-state index in [1.165, 1.54) is 5.56 Å². The number of benzene rings is 1. The number of anilines is 1. The van der Waals surface area contributed by atoms with Crippen molar-refractivity contribution in [3.8, 4) is 11.3 Å². The van der Waals surface area contributed by atoms with Gasteiger partial charge in [0.25, 0.3) is 0 Å². The second-order valence-electron chi connectivity index (χ2n) is 6.15. The van der Waals surface area contributed by atoms with Crippen LogP contribution in [0.1, 0.15) is 18.4 Å². The monoisotopic (exact) mass is 310 g/mol. The second-order valence-corrected chi connectivity index (χ2v) is 6.15. The minimum absolute atomic E-state index is 0.579. The van der Waals surface area contributed by atoms with Crippen molar-refractivity contribution in [1.82, 2.24) is 14.4 Å². The van der Waals surface area contributed by atoms with Gasteiger partial charge in [-0.2, -0.15) is 4.98 Å². The summed E-state index contributed by atoms with van der Waals surface area (Å²) in [5.41, 5.74) is 3.23. The third-order valence-corrected chi connectivity index (χ3v) is 4.41. The molecule has 0 bridgehead atoms. The molecule has 3 aromatic rings. The van der Waals surface area contributed by atoms with E-state index < -0.39 is 6.17 Å². The molecule has 3 heterocycles. The van der Waals surface area contributed by atoms with Crippen LogP contribution in [0.2, 0.25) is 0 Å². The molecule has 1 aromatic carbocycles. The van der Waals surface area contributed by atoms with Gasteiger partial charge in [0.15, 0.2) is 0 Å². The first kappa shape index (κ1) is 14.2. The van der Waals surface area contributed by atoms with E-state index in [-0.39, 0.29) is 0 Å². The summed E-state index contributed by atoms with van der Waals surface area (Å²) in [4.78, 5) is 11.4. The predicted molar refractivity (Wildman–Crippen MR) is 89.5 cm³/mol. The number of imidazole rings is 1. The highest BCUT2D eigenvalue weighted by Gasteiger charge is 2.19. The molecule has 0 amide bonds. The first-order chi connectivity index (χ1) is 11.2. The fourth-order valence-corrected chi connectivity index (χ4v) is 2.98.